The highest BCUT2D eigenvalue weighted by Crippen LogP contribution is 2.42. The van der Waals surface area contributed by atoms with Crippen molar-refractivity contribution >= 4 is 22.5 Å². The van der Waals surface area contributed by atoms with Gasteiger partial charge in [0.1, 0.15) is 16.6 Å². The van der Waals surface area contributed by atoms with Crippen LogP contribution in [-0.2, 0) is 6.54 Å². The van der Waals surface area contributed by atoms with Gasteiger partial charge in [-0.25, -0.2) is 4.68 Å². The lowest BCUT2D eigenvalue weighted by Crippen LogP contribution is -2.30. The van der Waals surface area contributed by atoms with Crippen LogP contribution in [-0.4, -0.2) is 51.1 Å². The standard InChI is InChI=1S/C25H29F3N6OS/c1-15-11-22(36-32-15)33-12-17-6-9-21(20(17)13-33)29-24-30-23-19(3-2-10-34(23)31-24)16-4-7-18(8-5-16)35-14-25(26,27)28/h4-5,7-8,11,17,19-21H,2-3,6,9-10,12-14H2,1H3,(H,29,31)/t17?,19?,20-,21-/m1/s1. The molecule has 2 unspecified atom stereocenters. The third kappa shape index (κ3) is 4.77. The first-order valence-corrected chi connectivity index (χ1v) is 13.3. The molecule has 1 aromatic carbocycles. The van der Waals surface area contributed by atoms with E-state index in [-0.39, 0.29) is 11.7 Å². The lowest BCUT2D eigenvalue weighted by Gasteiger charge is -2.22. The molecule has 11 heteroatoms. The number of aryl methyl sites for hydroxylation is 2. The Hall–Kier alpha value is -2.82. The van der Waals surface area contributed by atoms with Gasteiger partial charge >= 0.3 is 6.18 Å². The zero-order valence-electron chi connectivity index (χ0n) is 20.0. The van der Waals surface area contributed by atoms with Gasteiger partial charge in [0.25, 0.3) is 0 Å². The average Bonchev–Trinajstić information content (AvgIpc) is 3.62. The van der Waals surface area contributed by atoms with Gasteiger partial charge in [-0.1, -0.05) is 12.1 Å². The number of benzene rings is 1. The Kier molecular flexibility index (Phi) is 6.05. The second-order valence-electron chi connectivity index (χ2n) is 10.1. The summed E-state index contributed by atoms with van der Waals surface area (Å²) in [6.45, 7) is 3.69. The largest absolute Gasteiger partial charge is 0.484 e. The molecule has 2 fully saturated rings. The number of hydrogen-bond acceptors (Lipinski definition) is 7. The minimum Gasteiger partial charge on any atom is -0.484 e. The van der Waals surface area contributed by atoms with E-state index in [1.54, 1.807) is 23.7 Å². The highest BCUT2D eigenvalue weighted by atomic mass is 32.1. The molecule has 0 bridgehead atoms. The number of rotatable bonds is 6. The molecule has 4 atom stereocenters. The second kappa shape index (κ2) is 9.24. The van der Waals surface area contributed by atoms with Crippen molar-refractivity contribution in [3.8, 4) is 5.75 Å². The lowest BCUT2D eigenvalue weighted by atomic mass is 9.91. The molecule has 1 saturated carbocycles. The topological polar surface area (TPSA) is 68.1 Å². The molecule has 0 amide bonds. The SMILES string of the molecule is Cc1cc(N2CC3CC[C@@H](Nc4nc5n(n4)CCCC5c4ccc(OCC(F)(F)F)cc4)[C@@H]3C2)sn1. The summed E-state index contributed by atoms with van der Waals surface area (Å²) in [6.07, 6.45) is -0.117. The van der Waals surface area contributed by atoms with E-state index >= 15 is 0 Å². The predicted molar refractivity (Wildman–Crippen MR) is 132 cm³/mol. The van der Waals surface area contributed by atoms with Crippen molar-refractivity contribution in [2.45, 2.75) is 57.3 Å². The molecule has 3 aromatic rings. The number of nitrogens with one attached hydrogen (secondary N) is 1. The van der Waals surface area contributed by atoms with Crippen molar-refractivity contribution < 1.29 is 17.9 Å². The van der Waals surface area contributed by atoms with E-state index in [2.05, 4.69) is 20.7 Å². The van der Waals surface area contributed by atoms with Gasteiger partial charge in [0.2, 0.25) is 5.95 Å². The first-order valence-electron chi connectivity index (χ1n) is 12.5. The van der Waals surface area contributed by atoms with Crippen LogP contribution >= 0.6 is 11.5 Å². The average molecular weight is 519 g/mol. The van der Waals surface area contributed by atoms with Crippen LogP contribution in [0, 0.1) is 18.8 Å². The van der Waals surface area contributed by atoms with E-state index in [0.29, 0.717) is 23.8 Å². The number of nitrogens with zero attached hydrogens (tertiary/aromatic N) is 5. The third-order valence-electron chi connectivity index (χ3n) is 7.66. The normalized spacial score (nSPS) is 25.6. The van der Waals surface area contributed by atoms with Gasteiger partial charge in [-0.2, -0.15) is 22.5 Å². The van der Waals surface area contributed by atoms with Crippen LogP contribution in [0.15, 0.2) is 30.3 Å². The summed E-state index contributed by atoms with van der Waals surface area (Å²) in [5.74, 6) is 3.10. The van der Waals surface area contributed by atoms with Gasteiger partial charge in [-0.15, -0.1) is 5.10 Å². The number of halogens is 3. The summed E-state index contributed by atoms with van der Waals surface area (Å²) in [4.78, 5) is 7.37. The molecule has 1 N–H and O–H groups in total. The van der Waals surface area contributed by atoms with E-state index in [1.807, 2.05) is 23.7 Å². The van der Waals surface area contributed by atoms with Crippen LogP contribution in [0.2, 0.25) is 0 Å². The Morgan fingerprint density at radius 2 is 1.97 bits per heavy atom. The zero-order valence-corrected chi connectivity index (χ0v) is 20.9. The van der Waals surface area contributed by atoms with Gasteiger partial charge in [-0.3, -0.25) is 0 Å². The van der Waals surface area contributed by atoms with Crippen molar-refractivity contribution in [2.24, 2.45) is 11.8 Å². The molecular formula is C25H29F3N6OS. The minimum absolute atomic E-state index is 0.0614. The monoisotopic (exact) mass is 518 g/mol. The van der Waals surface area contributed by atoms with Crippen molar-refractivity contribution in [1.29, 1.82) is 0 Å². The van der Waals surface area contributed by atoms with Gasteiger partial charge < -0.3 is 15.0 Å². The molecule has 6 rings (SSSR count). The smallest absolute Gasteiger partial charge is 0.422 e. The molecular weight excluding hydrogens is 489 g/mol. The van der Waals surface area contributed by atoms with Crippen LogP contribution in [0.1, 0.15) is 48.7 Å². The molecule has 7 nitrogen and oxygen atoms in total. The highest BCUT2D eigenvalue weighted by molar-refractivity contribution is 7.10. The van der Waals surface area contributed by atoms with Crippen LogP contribution in [0.5, 0.6) is 5.75 Å². The summed E-state index contributed by atoms with van der Waals surface area (Å²) in [6, 6.07) is 9.40. The molecule has 192 valence electrons. The summed E-state index contributed by atoms with van der Waals surface area (Å²) in [5, 5.41) is 9.69. The Labute approximate surface area is 211 Å². The summed E-state index contributed by atoms with van der Waals surface area (Å²) in [7, 11) is 0. The van der Waals surface area contributed by atoms with E-state index in [9.17, 15) is 13.2 Å². The van der Waals surface area contributed by atoms with Crippen molar-refractivity contribution in [1.82, 2.24) is 19.1 Å². The van der Waals surface area contributed by atoms with Gasteiger partial charge in [0, 0.05) is 37.5 Å². The Morgan fingerprint density at radius 3 is 2.72 bits per heavy atom. The number of hydrogen-bond donors (Lipinski definition) is 1. The number of alkyl halides is 3. The first kappa shape index (κ1) is 23.6. The molecule has 1 aliphatic carbocycles. The maximum Gasteiger partial charge on any atom is 0.422 e. The Balaban J connectivity index is 1.13. The van der Waals surface area contributed by atoms with Crippen molar-refractivity contribution in [3.05, 3.63) is 47.4 Å². The van der Waals surface area contributed by atoms with Crippen LogP contribution < -0.4 is 15.0 Å². The van der Waals surface area contributed by atoms with Crippen LogP contribution in [0.25, 0.3) is 0 Å². The fourth-order valence-electron chi connectivity index (χ4n) is 5.98. The van der Waals surface area contributed by atoms with E-state index < -0.39 is 12.8 Å². The third-order valence-corrected chi connectivity index (χ3v) is 8.60. The van der Waals surface area contributed by atoms with Crippen LogP contribution in [0.4, 0.5) is 24.1 Å². The molecule has 2 aromatic heterocycles. The first-order chi connectivity index (χ1) is 17.3. The number of anilines is 2. The van der Waals surface area contributed by atoms with E-state index in [4.69, 9.17) is 14.8 Å². The second-order valence-corrected chi connectivity index (χ2v) is 10.9. The highest BCUT2D eigenvalue weighted by Gasteiger charge is 2.43. The summed E-state index contributed by atoms with van der Waals surface area (Å²) < 4.78 is 48.6. The minimum atomic E-state index is -4.35. The van der Waals surface area contributed by atoms with Gasteiger partial charge in [0.05, 0.1) is 5.69 Å². The van der Waals surface area contributed by atoms with Gasteiger partial charge in [0.15, 0.2) is 6.61 Å². The van der Waals surface area contributed by atoms with Crippen LogP contribution in [0.3, 0.4) is 0 Å². The summed E-state index contributed by atoms with van der Waals surface area (Å²) in [5.41, 5.74) is 2.09. The predicted octanol–water partition coefficient (Wildman–Crippen LogP) is 5.24. The Bertz CT molecular complexity index is 1210. The maximum atomic E-state index is 12.4. The Morgan fingerprint density at radius 1 is 1.14 bits per heavy atom. The number of ether oxygens (including phenoxy) is 1. The quantitative estimate of drug-likeness (QED) is 0.482. The molecule has 0 radical (unpaired) electrons. The molecule has 3 aliphatic rings. The number of aromatic nitrogens is 4. The summed E-state index contributed by atoms with van der Waals surface area (Å²) >= 11 is 1.58. The molecule has 4 heterocycles. The fourth-order valence-corrected chi connectivity index (χ4v) is 6.76. The number of fused-ring (bicyclic) bond motifs is 2. The molecule has 2 aliphatic heterocycles. The zero-order chi connectivity index (χ0) is 24.9. The van der Waals surface area contributed by atoms with E-state index in [0.717, 1.165) is 56.0 Å². The fraction of sp³-hybridized carbons (Fsp3) is 0.560. The van der Waals surface area contributed by atoms with Gasteiger partial charge in [-0.05, 0) is 73.8 Å². The van der Waals surface area contributed by atoms with Crippen molar-refractivity contribution in [3.63, 3.8) is 0 Å². The maximum absolute atomic E-state index is 12.4. The molecule has 1 saturated heterocycles. The molecule has 0 spiro atoms. The molecule has 36 heavy (non-hydrogen) atoms. The van der Waals surface area contributed by atoms with Crippen molar-refractivity contribution in [2.75, 3.05) is 29.9 Å². The van der Waals surface area contributed by atoms with E-state index in [1.165, 1.54) is 11.4 Å². The lowest BCUT2D eigenvalue weighted by molar-refractivity contribution is -0.153.